The lowest BCUT2D eigenvalue weighted by molar-refractivity contribution is -0.139. The van der Waals surface area contributed by atoms with E-state index in [1.54, 1.807) is 24.3 Å². The van der Waals surface area contributed by atoms with Gasteiger partial charge in [0.15, 0.2) is 0 Å². The zero-order valence-corrected chi connectivity index (χ0v) is 22.0. The van der Waals surface area contributed by atoms with E-state index in [1.165, 1.54) is 17.7 Å². The molecule has 1 unspecified atom stereocenters. The van der Waals surface area contributed by atoms with Gasteiger partial charge in [0.1, 0.15) is 17.6 Å². The van der Waals surface area contributed by atoms with Crippen LogP contribution in [0.2, 0.25) is 10.0 Å². The second-order valence-corrected chi connectivity index (χ2v) is 9.75. The molecule has 4 rings (SSSR count). The zero-order valence-electron chi connectivity index (χ0n) is 20.5. The molecule has 0 saturated heterocycles. The van der Waals surface area contributed by atoms with Crippen molar-refractivity contribution in [2.75, 3.05) is 18.5 Å². The molecule has 2 heterocycles. The Balaban J connectivity index is 1.29. The van der Waals surface area contributed by atoms with Crippen molar-refractivity contribution in [1.29, 1.82) is 5.26 Å². The van der Waals surface area contributed by atoms with Crippen LogP contribution >= 0.6 is 23.2 Å². The number of aryl methyl sites for hydroxylation is 2. The third kappa shape index (κ3) is 6.94. The van der Waals surface area contributed by atoms with E-state index in [9.17, 15) is 14.7 Å². The molecule has 10 heteroatoms. The fourth-order valence-corrected chi connectivity index (χ4v) is 4.85. The van der Waals surface area contributed by atoms with Gasteiger partial charge in [0.25, 0.3) is 5.91 Å². The Bertz CT molecular complexity index is 1350. The van der Waals surface area contributed by atoms with Crippen LogP contribution in [0.4, 0.5) is 5.82 Å². The average Bonchev–Trinajstić information content (AvgIpc) is 2.91. The molecule has 0 fully saturated rings. The highest BCUT2D eigenvalue weighted by Crippen LogP contribution is 2.27. The van der Waals surface area contributed by atoms with Crippen LogP contribution in [0.25, 0.3) is 0 Å². The molecule has 1 aliphatic rings. The van der Waals surface area contributed by atoms with Crippen LogP contribution < -0.4 is 15.4 Å². The maximum atomic E-state index is 12.7. The molecule has 1 aromatic heterocycles. The first-order chi connectivity index (χ1) is 18.3. The Morgan fingerprint density at radius 2 is 1.89 bits per heavy atom. The van der Waals surface area contributed by atoms with Crippen molar-refractivity contribution >= 4 is 40.9 Å². The Hall–Kier alpha value is -3.80. The predicted octanol–water partition coefficient (Wildman–Crippen LogP) is 5.06. The number of carbonyl (C=O) groups is 2. The monoisotopic (exact) mass is 552 g/mol. The van der Waals surface area contributed by atoms with Gasteiger partial charge < -0.3 is 20.5 Å². The van der Waals surface area contributed by atoms with Crippen molar-refractivity contribution in [3.05, 3.63) is 86.5 Å². The van der Waals surface area contributed by atoms with Crippen LogP contribution in [-0.4, -0.2) is 41.2 Å². The van der Waals surface area contributed by atoms with Gasteiger partial charge in [-0.15, -0.1) is 0 Å². The van der Waals surface area contributed by atoms with Gasteiger partial charge in [-0.25, -0.2) is 9.78 Å². The van der Waals surface area contributed by atoms with E-state index in [1.807, 2.05) is 6.07 Å². The molecular formula is C28H26Cl2N4O4. The summed E-state index contributed by atoms with van der Waals surface area (Å²) in [4.78, 5) is 29.2. The molecule has 0 radical (unpaired) electrons. The molecule has 0 spiro atoms. The molecular weight excluding hydrogens is 527 g/mol. The number of hydrogen-bond acceptors (Lipinski definition) is 6. The van der Waals surface area contributed by atoms with E-state index in [2.05, 4.69) is 22.8 Å². The van der Waals surface area contributed by atoms with Crippen LogP contribution in [-0.2, 0) is 24.1 Å². The van der Waals surface area contributed by atoms with Crippen molar-refractivity contribution in [3.8, 4) is 11.8 Å². The minimum atomic E-state index is -1.21. The van der Waals surface area contributed by atoms with Gasteiger partial charge in [-0.3, -0.25) is 4.79 Å². The number of amides is 1. The summed E-state index contributed by atoms with van der Waals surface area (Å²) in [7, 11) is 0. The Kier molecular flexibility index (Phi) is 9.06. The highest BCUT2D eigenvalue weighted by Gasteiger charge is 2.24. The highest BCUT2D eigenvalue weighted by atomic mass is 35.5. The highest BCUT2D eigenvalue weighted by molar-refractivity contribution is 6.39. The van der Waals surface area contributed by atoms with Crippen LogP contribution in [0.15, 0.2) is 48.5 Å². The van der Waals surface area contributed by atoms with E-state index in [0.717, 1.165) is 43.7 Å². The predicted molar refractivity (Wildman–Crippen MR) is 145 cm³/mol. The largest absolute Gasteiger partial charge is 0.494 e. The standard InChI is InChI=1S/C28H26Cl2N4O4/c29-22-13-18(16-31)14-23(30)25(22)27(35)34-24(28(36)37)15-17-5-9-21(10-6-17)38-12-2-4-20-8-7-19-3-1-11-32-26(19)33-20/h5-10,13-14,24H,1-4,11-12,15H2,(H,32,33)(H,34,35)(H,36,37). The summed E-state index contributed by atoms with van der Waals surface area (Å²) < 4.78 is 5.83. The van der Waals surface area contributed by atoms with Crippen LogP contribution in [0.1, 0.15) is 45.6 Å². The number of benzene rings is 2. The number of nitriles is 1. The lowest BCUT2D eigenvalue weighted by atomic mass is 10.0. The van der Waals surface area contributed by atoms with Gasteiger partial charge in [-0.2, -0.15) is 5.26 Å². The number of pyridine rings is 1. The third-order valence-corrected chi connectivity index (χ3v) is 6.76. The molecule has 8 nitrogen and oxygen atoms in total. The van der Waals surface area contributed by atoms with Gasteiger partial charge in [0.2, 0.25) is 0 Å². The van der Waals surface area contributed by atoms with E-state index in [0.29, 0.717) is 17.9 Å². The normalized spacial score (nSPS) is 13.0. The summed E-state index contributed by atoms with van der Waals surface area (Å²) in [6.07, 6.45) is 3.86. The summed E-state index contributed by atoms with van der Waals surface area (Å²) in [6, 6.07) is 14.6. The number of carbonyl (C=O) groups excluding carboxylic acids is 1. The van der Waals surface area contributed by atoms with Gasteiger partial charge in [-0.05, 0) is 67.1 Å². The number of nitrogens with one attached hydrogen (secondary N) is 2. The molecule has 1 atom stereocenters. The minimum absolute atomic E-state index is 0.0312. The van der Waals surface area contributed by atoms with Gasteiger partial charge >= 0.3 is 5.97 Å². The number of aliphatic carboxylic acids is 1. The van der Waals surface area contributed by atoms with E-state index in [-0.39, 0.29) is 27.6 Å². The first kappa shape index (κ1) is 27.2. The van der Waals surface area contributed by atoms with E-state index < -0.39 is 17.9 Å². The van der Waals surface area contributed by atoms with Crippen LogP contribution in [0.3, 0.4) is 0 Å². The quantitative estimate of drug-likeness (QED) is 0.300. The number of ether oxygens (including phenoxy) is 1. The summed E-state index contributed by atoms with van der Waals surface area (Å²) >= 11 is 12.2. The number of hydrogen-bond donors (Lipinski definition) is 3. The Labute approximate surface area is 230 Å². The van der Waals surface area contributed by atoms with Crippen LogP contribution in [0.5, 0.6) is 5.75 Å². The zero-order chi connectivity index (χ0) is 27.1. The van der Waals surface area contributed by atoms with Gasteiger partial charge in [-0.1, -0.05) is 41.4 Å². The van der Waals surface area contributed by atoms with Crippen molar-refractivity contribution in [2.45, 2.75) is 38.1 Å². The minimum Gasteiger partial charge on any atom is -0.494 e. The molecule has 0 bridgehead atoms. The topological polar surface area (TPSA) is 124 Å². The fraction of sp³-hybridized carbons (Fsp3) is 0.286. The van der Waals surface area contributed by atoms with Crippen molar-refractivity contribution < 1.29 is 19.4 Å². The second kappa shape index (κ2) is 12.6. The first-order valence-electron chi connectivity index (χ1n) is 12.2. The summed E-state index contributed by atoms with van der Waals surface area (Å²) in [5, 5.41) is 24.4. The van der Waals surface area contributed by atoms with E-state index in [4.69, 9.17) is 38.2 Å². The molecule has 0 saturated carbocycles. The lowest BCUT2D eigenvalue weighted by Crippen LogP contribution is -2.42. The van der Waals surface area contributed by atoms with Gasteiger partial charge in [0.05, 0.1) is 33.8 Å². The first-order valence-corrected chi connectivity index (χ1v) is 13.0. The third-order valence-electron chi connectivity index (χ3n) is 6.16. The molecule has 2 aromatic carbocycles. The van der Waals surface area contributed by atoms with Crippen molar-refractivity contribution in [1.82, 2.24) is 10.3 Å². The maximum absolute atomic E-state index is 12.7. The molecule has 0 aliphatic carbocycles. The molecule has 3 N–H and O–H groups in total. The maximum Gasteiger partial charge on any atom is 0.326 e. The number of carboxylic acid groups (broad SMARTS) is 1. The number of fused-ring (bicyclic) bond motifs is 1. The molecule has 196 valence electrons. The number of aromatic nitrogens is 1. The van der Waals surface area contributed by atoms with Crippen molar-refractivity contribution in [3.63, 3.8) is 0 Å². The fourth-order valence-electron chi connectivity index (χ4n) is 4.19. The second-order valence-electron chi connectivity index (χ2n) is 8.93. The Morgan fingerprint density at radius 3 is 2.58 bits per heavy atom. The average molecular weight is 553 g/mol. The number of halogens is 2. The molecule has 38 heavy (non-hydrogen) atoms. The molecule has 3 aromatic rings. The van der Waals surface area contributed by atoms with Crippen LogP contribution in [0, 0.1) is 11.3 Å². The smallest absolute Gasteiger partial charge is 0.326 e. The SMILES string of the molecule is N#Cc1cc(Cl)c(C(=O)NC(Cc2ccc(OCCCc3ccc4c(n3)NCCC4)cc2)C(=O)O)c(Cl)c1. The van der Waals surface area contributed by atoms with Gasteiger partial charge in [0, 0.05) is 18.7 Å². The summed E-state index contributed by atoms with van der Waals surface area (Å²) in [6.45, 7) is 1.48. The number of anilines is 1. The van der Waals surface area contributed by atoms with Crippen molar-refractivity contribution in [2.24, 2.45) is 0 Å². The number of carboxylic acids is 1. The molecule has 1 aliphatic heterocycles. The summed E-state index contributed by atoms with van der Waals surface area (Å²) in [5.41, 5.74) is 3.11. The number of nitrogens with zero attached hydrogens (tertiary/aromatic N) is 2. The lowest BCUT2D eigenvalue weighted by Gasteiger charge is -2.17. The molecule has 1 amide bonds. The van der Waals surface area contributed by atoms with E-state index >= 15 is 0 Å². The Morgan fingerprint density at radius 1 is 1.16 bits per heavy atom. The summed E-state index contributed by atoms with van der Waals surface area (Å²) in [5.74, 6) is -0.281. The number of rotatable bonds is 10.